The van der Waals surface area contributed by atoms with Crippen molar-refractivity contribution >= 4 is 17.3 Å². The fourth-order valence-electron chi connectivity index (χ4n) is 3.44. The van der Waals surface area contributed by atoms with Gasteiger partial charge in [-0.25, -0.2) is 4.98 Å². The third-order valence-electron chi connectivity index (χ3n) is 4.88. The topological polar surface area (TPSA) is 58.8 Å². The second-order valence-electron chi connectivity index (χ2n) is 6.26. The van der Waals surface area contributed by atoms with Crippen LogP contribution in [0, 0.1) is 13.8 Å². The van der Waals surface area contributed by atoms with E-state index in [1.54, 1.807) is 13.4 Å². The van der Waals surface area contributed by atoms with Crippen molar-refractivity contribution in [2.24, 2.45) is 0 Å². The SMILES string of the molecule is COc1ccccc1N1CCN(c2c(C)c(C)nc3ncnn23)CC1. The van der Waals surface area contributed by atoms with Crippen LogP contribution >= 0.6 is 0 Å². The van der Waals surface area contributed by atoms with Crippen molar-refractivity contribution in [3.05, 3.63) is 41.9 Å². The lowest BCUT2D eigenvalue weighted by Crippen LogP contribution is -2.47. The summed E-state index contributed by atoms with van der Waals surface area (Å²) >= 11 is 0. The first-order valence-electron chi connectivity index (χ1n) is 8.49. The molecule has 130 valence electrons. The zero-order valence-electron chi connectivity index (χ0n) is 14.8. The summed E-state index contributed by atoms with van der Waals surface area (Å²) in [6.45, 7) is 7.81. The maximum Gasteiger partial charge on any atom is 0.254 e. The summed E-state index contributed by atoms with van der Waals surface area (Å²) in [5.41, 5.74) is 3.31. The van der Waals surface area contributed by atoms with Crippen molar-refractivity contribution in [2.45, 2.75) is 13.8 Å². The van der Waals surface area contributed by atoms with Crippen LogP contribution in [0.4, 0.5) is 11.5 Å². The zero-order chi connectivity index (χ0) is 17.4. The molecule has 1 aliphatic heterocycles. The molecule has 0 unspecified atom stereocenters. The molecule has 7 nitrogen and oxygen atoms in total. The summed E-state index contributed by atoms with van der Waals surface area (Å²) in [6, 6.07) is 8.19. The Morgan fingerprint density at radius 2 is 1.72 bits per heavy atom. The summed E-state index contributed by atoms with van der Waals surface area (Å²) < 4.78 is 7.35. The van der Waals surface area contributed by atoms with Crippen molar-refractivity contribution in [1.82, 2.24) is 19.6 Å². The minimum atomic E-state index is 0.658. The maximum absolute atomic E-state index is 5.51. The largest absolute Gasteiger partial charge is 0.495 e. The van der Waals surface area contributed by atoms with Gasteiger partial charge in [0.2, 0.25) is 0 Å². The molecule has 1 aromatic carbocycles. The average molecular weight is 338 g/mol. The van der Waals surface area contributed by atoms with E-state index >= 15 is 0 Å². The molecule has 1 saturated heterocycles. The number of benzene rings is 1. The van der Waals surface area contributed by atoms with Gasteiger partial charge in [-0.3, -0.25) is 0 Å². The summed E-state index contributed by atoms with van der Waals surface area (Å²) in [5.74, 6) is 2.68. The van der Waals surface area contributed by atoms with Crippen LogP contribution < -0.4 is 14.5 Å². The molecular weight excluding hydrogens is 316 g/mol. The second-order valence-corrected chi connectivity index (χ2v) is 6.26. The van der Waals surface area contributed by atoms with Gasteiger partial charge in [-0.1, -0.05) is 12.1 Å². The van der Waals surface area contributed by atoms with Crippen LogP contribution in [0.25, 0.3) is 5.78 Å². The molecule has 3 aromatic rings. The van der Waals surface area contributed by atoms with E-state index in [2.05, 4.69) is 43.9 Å². The zero-order valence-corrected chi connectivity index (χ0v) is 14.8. The number of methoxy groups -OCH3 is 1. The molecule has 0 saturated carbocycles. The molecule has 0 amide bonds. The van der Waals surface area contributed by atoms with Gasteiger partial charge in [0.25, 0.3) is 5.78 Å². The highest BCUT2D eigenvalue weighted by Gasteiger charge is 2.24. The van der Waals surface area contributed by atoms with Crippen molar-refractivity contribution < 1.29 is 4.74 Å². The molecule has 0 radical (unpaired) electrons. The Labute approximate surface area is 146 Å². The maximum atomic E-state index is 5.51. The van der Waals surface area contributed by atoms with E-state index in [4.69, 9.17) is 4.74 Å². The molecule has 4 rings (SSSR count). The van der Waals surface area contributed by atoms with Crippen LogP contribution in [-0.2, 0) is 0 Å². The molecule has 1 aliphatic rings. The molecule has 7 heteroatoms. The highest BCUT2D eigenvalue weighted by Crippen LogP contribution is 2.30. The van der Waals surface area contributed by atoms with Crippen LogP contribution in [0.2, 0.25) is 0 Å². The fraction of sp³-hybridized carbons (Fsp3) is 0.389. The van der Waals surface area contributed by atoms with E-state index in [0.29, 0.717) is 5.78 Å². The smallest absolute Gasteiger partial charge is 0.254 e. The van der Waals surface area contributed by atoms with Gasteiger partial charge in [0.05, 0.1) is 12.8 Å². The Morgan fingerprint density at radius 1 is 1.00 bits per heavy atom. The molecule has 0 spiro atoms. The molecule has 0 aliphatic carbocycles. The summed E-state index contributed by atoms with van der Waals surface area (Å²) in [7, 11) is 1.72. The molecule has 2 aromatic heterocycles. The first-order chi connectivity index (χ1) is 12.2. The van der Waals surface area contributed by atoms with Gasteiger partial charge >= 0.3 is 0 Å². The average Bonchev–Trinajstić information content (AvgIpc) is 3.10. The van der Waals surface area contributed by atoms with E-state index < -0.39 is 0 Å². The second kappa shape index (κ2) is 6.23. The Bertz CT molecular complexity index is 898. The monoisotopic (exact) mass is 338 g/mol. The molecule has 25 heavy (non-hydrogen) atoms. The highest BCUT2D eigenvalue weighted by molar-refractivity contribution is 5.60. The third-order valence-corrected chi connectivity index (χ3v) is 4.88. The van der Waals surface area contributed by atoms with Crippen molar-refractivity contribution in [3.63, 3.8) is 0 Å². The number of aryl methyl sites for hydroxylation is 1. The lowest BCUT2D eigenvalue weighted by Gasteiger charge is -2.38. The van der Waals surface area contributed by atoms with Gasteiger partial charge in [0, 0.05) is 37.4 Å². The minimum Gasteiger partial charge on any atom is -0.495 e. The summed E-state index contributed by atoms with van der Waals surface area (Å²) in [6.07, 6.45) is 1.57. The first kappa shape index (κ1) is 15.7. The number of hydrogen-bond donors (Lipinski definition) is 0. The minimum absolute atomic E-state index is 0.658. The molecule has 1 fully saturated rings. The quantitative estimate of drug-likeness (QED) is 0.729. The van der Waals surface area contributed by atoms with E-state index in [-0.39, 0.29) is 0 Å². The predicted molar refractivity (Wildman–Crippen MR) is 97.7 cm³/mol. The fourth-order valence-corrected chi connectivity index (χ4v) is 3.44. The molecule has 0 N–H and O–H groups in total. The number of aromatic nitrogens is 4. The van der Waals surface area contributed by atoms with Crippen molar-refractivity contribution in [1.29, 1.82) is 0 Å². The van der Waals surface area contributed by atoms with Gasteiger partial charge in [0.1, 0.15) is 17.9 Å². The van der Waals surface area contributed by atoms with Gasteiger partial charge < -0.3 is 14.5 Å². The predicted octanol–water partition coefficient (Wildman–Crippen LogP) is 2.08. The van der Waals surface area contributed by atoms with Gasteiger partial charge in [-0.15, -0.1) is 0 Å². The number of para-hydroxylation sites is 2. The van der Waals surface area contributed by atoms with Crippen LogP contribution in [0.5, 0.6) is 5.75 Å². The number of ether oxygens (including phenoxy) is 1. The van der Waals surface area contributed by atoms with Crippen molar-refractivity contribution in [3.8, 4) is 5.75 Å². The van der Waals surface area contributed by atoms with Crippen LogP contribution in [0.15, 0.2) is 30.6 Å². The molecule has 0 bridgehead atoms. The Morgan fingerprint density at radius 3 is 2.48 bits per heavy atom. The molecule has 0 atom stereocenters. The van der Waals surface area contributed by atoms with Crippen LogP contribution in [-0.4, -0.2) is 52.9 Å². The Kier molecular flexibility index (Phi) is 3.91. The van der Waals surface area contributed by atoms with Gasteiger partial charge in [0.15, 0.2) is 0 Å². The highest BCUT2D eigenvalue weighted by atomic mass is 16.5. The standard InChI is InChI=1S/C18H22N6O/c1-13-14(2)21-18-19-12-20-24(18)17(13)23-10-8-22(9-11-23)15-6-4-5-7-16(15)25-3/h4-7,12H,8-11H2,1-3H3. The molecule has 3 heterocycles. The number of hydrogen-bond acceptors (Lipinski definition) is 6. The normalized spacial score (nSPS) is 15.0. The lowest BCUT2D eigenvalue weighted by molar-refractivity contribution is 0.413. The van der Waals surface area contributed by atoms with Crippen LogP contribution in [0.1, 0.15) is 11.3 Å². The van der Waals surface area contributed by atoms with Gasteiger partial charge in [-0.2, -0.15) is 14.6 Å². The first-order valence-corrected chi connectivity index (χ1v) is 8.49. The number of anilines is 2. The number of rotatable bonds is 3. The summed E-state index contributed by atoms with van der Waals surface area (Å²) in [5, 5.41) is 4.37. The Hall–Kier alpha value is -2.83. The number of fused-ring (bicyclic) bond motifs is 1. The molecular formula is C18H22N6O. The summed E-state index contributed by atoms with van der Waals surface area (Å²) in [4.78, 5) is 13.5. The number of piperazine rings is 1. The van der Waals surface area contributed by atoms with Gasteiger partial charge in [-0.05, 0) is 26.0 Å². The van der Waals surface area contributed by atoms with E-state index in [1.165, 1.54) is 0 Å². The number of nitrogens with zero attached hydrogens (tertiary/aromatic N) is 6. The lowest BCUT2D eigenvalue weighted by atomic mass is 10.2. The van der Waals surface area contributed by atoms with Crippen LogP contribution in [0.3, 0.4) is 0 Å². The van der Waals surface area contributed by atoms with E-state index in [0.717, 1.165) is 54.7 Å². The van der Waals surface area contributed by atoms with E-state index in [9.17, 15) is 0 Å². The third kappa shape index (κ3) is 2.65. The Balaban J connectivity index is 1.61. The van der Waals surface area contributed by atoms with E-state index in [1.807, 2.05) is 23.6 Å². The van der Waals surface area contributed by atoms with Crippen molar-refractivity contribution in [2.75, 3.05) is 43.1 Å².